The fourth-order valence-electron chi connectivity index (χ4n) is 1.86. The van der Waals surface area contributed by atoms with Gasteiger partial charge in [-0.15, -0.1) is 0 Å². The van der Waals surface area contributed by atoms with E-state index in [9.17, 15) is 9.18 Å². The van der Waals surface area contributed by atoms with Gasteiger partial charge in [-0.05, 0) is 28.1 Å². The summed E-state index contributed by atoms with van der Waals surface area (Å²) in [5, 5.41) is 0. The molecule has 0 atom stereocenters. The molecule has 1 aromatic carbocycles. The predicted octanol–water partition coefficient (Wildman–Crippen LogP) is 2.94. The van der Waals surface area contributed by atoms with Gasteiger partial charge in [0.15, 0.2) is 5.58 Å². The summed E-state index contributed by atoms with van der Waals surface area (Å²) in [6, 6.07) is 8.12. The molecule has 2 aromatic heterocycles. The highest BCUT2D eigenvalue weighted by Gasteiger charge is 2.13. The molecule has 0 amide bonds. The lowest BCUT2D eigenvalue weighted by atomic mass is 10.3. The SMILES string of the molecule is O=c1oc2cc(Br)c(F)cc2n1Cc1ccccn1. The second-order valence-corrected chi connectivity index (χ2v) is 4.86. The molecule has 3 aromatic rings. The first-order chi connectivity index (χ1) is 9.15. The molecule has 0 spiro atoms. The molecule has 0 radical (unpaired) electrons. The molecule has 4 nitrogen and oxygen atoms in total. The van der Waals surface area contributed by atoms with Crippen molar-refractivity contribution in [2.45, 2.75) is 6.54 Å². The Hall–Kier alpha value is -1.95. The highest BCUT2D eigenvalue weighted by Crippen LogP contribution is 2.23. The number of halogens is 2. The average Bonchev–Trinajstić information content (AvgIpc) is 2.68. The zero-order valence-electron chi connectivity index (χ0n) is 9.64. The summed E-state index contributed by atoms with van der Waals surface area (Å²) < 4.78 is 20.3. The summed E-state index contributed by atoms with van der Waals surface area (Å²) >= 11 is 3.06. The number of hydrogen-bond acceptors (Lipinski definition) is 3. The lowest BCUT2D eigenvalue weighted by Gasteiger charge is -2.01. The van der Waals surface area contributed by atoms with Crippen molar-refractivity contribution in [1.29, 1.82) is 0 Å². The van der Waals surface area contributed by atoms with Gasteiger partial charge in [-0.3, -0.25) is 9.55 Å². The summed E-state index contributed by atoms with van der Waals surface area (Å²) in [7, 11) is 0. The van der Waals surface area contributed by atoms with Crippen LogP contribution in [0.3, 0.4) is 0 Å². The molecule has 3 rings (SSSR count). The first-order valence-electron chi connectivity index (χ1n) is 5.53. The van der Waals surface area contributed by atoms with E-state index in [-0.39, 0.29) is 11.0 Å². The van der Waals surface area contributed by atoms with Crippen LogP contribution in [0.15, 0.2) is 50.2 Å². The predicted molar refractivity (Wildman–Crippen MR) is 71.5 cm³/mol. The van der Waals surface area contributed by atoms with Crippen molar-refractivity contribution < 1.29 is 8.81 Å². The van der Waals surface area contributed by atoms with Crippen LogP contribution in [0, 0.1) is 5.82 Å². The van der Waals surface area contributed by atoms with Crippen LogP contribution in [-0.2, 0) is 6.54 Å². The van der Waals surface area contributed by atoms with Crippen molar-refractivity contribution in [3.8, 4) is 0 Å². The van der Waals surface area contributed by atoms with E-state index in [2.05, 4.69) is 20.9 Å². The van der Waals surface area contributed by atoms with Crippen LogP contribution >= 0.6 is 15.9 Å². The Morgan fingerprint density at radius 1 is 1.37 bits per heavy atom. The molecule has 0 aliphatic heterocycles. The van der Waals surface area contributed by atoms with Crippen molar-refractivity contribution in [3.63, 3.8) is 0 Å². The van der Waals surface area contributed by atoms with Gasteiger partial charge in [-0.1, -0.05) is 6.07 Å². The highest BCUT2D eigenvalue weighted by molar-refractivity contribution is 9.10. The Bertz CT molecular complexity index is 796. The summed E-state index contributed by atoms with van der Waals surface area (Å²) in [6.07, 6.45) is 1.64. The number of pyridine rings is 1. The van der Waals surface area contributed by atoms with Crippen LogP contribution < -0.4 is 5.76 Å². The van der Waals surface area contributed by atoms with Crippen LogP contribution in [0.1, 0.15) is 5.69 Å². The second-order valence-electron chi connectivity index (χ2n) is 4.01. The molecule has 0 aliphatic rings. The minimum absolute atomic E-state index is 0.244. The van der Waals surface area contributed by atoms with E-state index in [1.807, 2.05) is 6.07 Å². The minimum Gasteiger partial charge on any atom is -0.408 e. The molecular formula is C13H8BrFN2O2. The topological polar surface area (TPSA) is 48.0 Å². The summed E-state index contributed by atoms with van der Waals surface area (Å²) in [5.74, 6) is -0.971. The fourth-order valence-corrected chi connectivity index (χ4v) is 2.18. The summed E-state index contributed by atoms with van der Waals surface area (Å²) in [5.41, 5.74) is 1.46. The number of fused-ring (bicyclic) bond motifs is 1. The van der Waals surface area contributed by atoms with Crippen LogP contribution in [0.2, 0.25) is 0 Å². The number of rotatable bonds is 2. The first-order valence-corrected chi connectivity index (χ1v) is 6.33. The molecule has 0 saturated heterocycles. The molecule has 96 valence electrons. The third-order valence-electron chi connectivity index (χ3n) is 2.76. The van der Waals surface area contributed by atoms with Gasteiger partial charge in [-0.25, -0.2) is 9.18 Å². The van der Waals surface area contributed by atoms with Crippen molar-refractivity contribution in [2.24, 2.45) is 0 Å². The van der Waals surface area contributed by atoms with Crippen LogP contribution in [0.25, 0.3) is 11.1 Å². The number of benzene rings is 1. The lowest BCUT2D eigenvalue weighted by Crippen LogP contribution is -2.15. The summed E-state index contributed by atoms with van der Waals surface area (Å²) in [6.45, 7) is 0.244. The van der Waals surface area contributed by atoms with Crippen LogP contribution in [0.5, 0.6) is 0 Å². The van der Waals surface area contributed by atoms with Crippen molar-refractivity contribution in [3.05, 3.63) is 63.1 Å². The van der Waals surface area contributed by atoms with Gasteiger partial charge in [0.1, 0.15) is 5.82 Å². The average molecular weight is 323 g/mol. The Labute approximate surface area is 115 Å². The third kappa shape index (κ3) is 2.19. The molecule has 0 fully saturated rings. The number of hydrogen-bond donors (Lipinski definition) is 0. The normalized spacial score (nSPS) is 11.1. The van der Waals surface area contributed by atoms with Crippen molar-refractivity contribution >= 4 is 27.0 Å². The first kappa shape index (κ1) is 12.1. The van der Waals surface area contributed by atoms with Gasteiger partial charge < -0.3 is 4.42 Å². The van der Waals surface area contributed by atoms with Crippen molar-refractivity contribution in [2.75, 3.05) is 0 Å². The largest absolute Gasteiger partial charge is 0.420 e. The van der Waals surface area contributed by atoms with E-state index in [0.717, 1.165) is 0 Å². The maximum Gasteiger partial charge on any atom is 0.420 e. The van der Waals surface area contributed by atoms with Crippen molar-refractivity contribution in [1.82, 2.24) is 9.55 Å². The second kappa shape index (κ2) is 4.62. The zero-order chi connectivity index (χ0) is 13.4. The van der Waals surface area contributed by atoms with Gasteiger partial charge in [0.2, 0.25) is 0 Å². The monoisotopic (exact) mass is 322 g/mol. The maximum absolute atomic E-state index is 13.6. The number of aromatic nitrogens is 2. The van der Waals surface area contributed by atoms with Gasteiger partial charge in [0.05, 0.1) is 22.2 Å². The van der Waals surface area contributed by atoms with E-state index < -0.39 is 11.6 Å². The van der Waals surface area contributed by atoms with Gasteiger partial charge in [-0.2, -0.15) is 0 Å². The van der Waals surface area contributed by atoms with E-state index in [1.165, 1.54) is 16.7 Å². The third-order valence-corrected chi connectivity index (χ3v) is 3.36. The Balaban J connectivity index is 2.16. The van der Waals surface area contributed by atoms with Gasteiger partial charge in [0.25, 0.3) is 0 Å². The van der Waals surface area contributed by atoms with E-state index in [4.69, 9.17) is 4.42 Å². The minimum atomic E-state index is -0.529. The zero-order valence-corrected chi connectivity index (χ0v) is 11.2. The molecular weight excluding hydrogens is 315 g/mol. The molecule has 0 saturated carbocycles. The number of nitrogens with zero attached hydrogens (tertiary/aromatic N) is 2. The Morgan fingerprint density at radius 2 is 2.21 bits per heavy atom. The molecule has 0 bridgehead atoms. The van der Waals surface area contributed by atoms with Crippen LogP contribution in [0.4, 0.5) is 4.39 Å². The van der Waals surface area contributed by atoms with E-state index in [0.29, 0.717) is 16.8 Å². The quantitative estimate of drug-likeness (QED) is 0.728. The molecule has 19 heavy (non-hydrogen) atoms. The van der Waals surface area contributed by atoms with E-state index in [1.54, 1.807) is 18.3 Å². The van der Waals surface area contributed by atoms with Gasteiger partial charge >= 0.3 is 5.76 Å². The Morgan fingerprint density at radius 3 is 2.95 bits per heavy atom. The molecule has 0 aliphatic carbocycles. The van der Waals surface area contributed by atoms with Crippen LogP contribution in [-0.4, -0.2) is 9.55 Å². The Kier molecular flexibility index (Phi) is 2.94. The maximum atomic E-state index is 13.6. The number of oxazole rings is 1. The molecule has 0 unspecified atom stereocenters. The highest BCUT2D eigenvalue weighted by atomic mass is 79.9. The standard InChI is InChI=1S/C13H8BrFN2O2/c14-9-5-12-11(6-10(9)15)17(13(18)19-12)7-8-3-1-2-4-16-8/h1-6H,7H2. The van der Waals surface area contributed by atoms with Gasteiger partial charge in [0, 0.05) is 18.3 Å². The molecule has 2 heterocycles. The molecule has 6 heteroatoms. The fraction of sp³-hybridized carbons (Fsp3) is 0.0769. The lowest BCUT2D eigenvalue weighted by molar-refractivity contribution is 0.516. The van der Waals surface area contributed by atoms with E-state index >= 15 is 0 Å². The smallest absolute Gasteiger partial charge is 0.408 e. The molecule has 0 N–H and O–H groups in total. The summed E-state index contributed by atoms with van der Waals surface area (Å²) in [4.78, 5) is 15.9.